The number of phenols is 1. The number of hydrogen-bond acceptors (Lipinski definition) is 27. The molecule has 0 unspecified atom stereocenters. The predicted molar refractivity (Wildman–Crippen MR) is 376 cm³/mol. The van der Waals surface area contributed by atoms with E-state index < -0.39 is 306 Å². The summed E-state index contributed by atoms with van der Waals surface area (Å²) in [6.07, 6.45) is -8.14. The van der Waals surface area contributed by atoms with E-state index >= 15 is 0 Å². The molecule has 0 saturated heterocycles. The van der Waals surface area contributed by atoms with Crippen molar-refractivity contribution < 1.29 is 126 Å². The number of unbranched alkanes of at least 4 members (excludes halogenated alkanes) is 1. The molecule has 616 valence electrons. The first-order valence-corrected chi connectivity index (χ1v) is 33.8. The standard InChI is InChI=1S/C62H97N23O26/c1-27(75-55(104)34(11-15-43(67)91)79-56(105)32(9-13-41(65)89)76-48(96)23-72-47(95)22-73-53(102)30(64)18-28-5-7-29(88)8-6-28)52(101)85-40(26-87)62(111)78-31(4-2-3-17-63)54(103)74-24-49(97)77-33(10-14-42(66)90)57(106)80-35(12-16-44(68)92)58(107)81-36(19-45(69)93)59(108)82-37(20-46(70)94)60(109)83-38(21-50(98)99)61(110)84-39(25-86)51(71)100/h5-8,27,30-40,86-88H,2-4,9-26,63-64H2,1H3,(H2,65,89)(H2,66,90)(H2,67,91)(H2,68,92)(H2,69,93)(H2,70,94)(H2,71,100)(H,72,95)(H,73,102)(H,74,103)(H,75,104)(H,76,96)(H,77,97)(H,78,111)(H,79,105)(H,80,106)(H,81,107)(H,82,108)(H,83,109)(H,84,110)(H,85,101)(H,98,99)/t27-,30-,31-,32-,33-,34-,35-,36-,37-,38-,39-,40-/m0/s1. The van der Waals surface area contributed by atoms with Crippen LogP contribution in [0.5, 0.6) is 5.75 Å². The zero-order chi connectivity index (χ0) is 84.4. The van der Waals surface area contributed by atoms with Gasteiger partial charge >= 0.3 is 5.97 Å². The molecule has 0 radical (unpaired) electrons. The Hall–Kier alpha value is -12.8. The number of carboxylic acid groups (broad SMARTS) is 1. The molecular formula is C62H97N23O26. The highest BCUT2D eigenvalue weighted by Gasteiger charge is 2.37. The van der Waals surface area contributed by atoms with Crippen molar-refractivity contribution in [1.82, 2.24) is 74.4 Å². The molecule has 0 aromatic heterocycles. The zero-order valence-electron chi connectivity index (χ0n) is 60.1. The Kier molecular flexibility index (Phi) is 43.3. The monoisotopic (exact) mass is 1580 g/mol. The Morgan fingerprint density at radius 1 is 0.351 bits per heavy atom. The Balaban J connectivity index is 3.32. The lowest BCUT2D eigenvalue weighted by Crippen LogP contribution is -2.61. The van der Waals surface area contributed by atoms with Gasteiger partial charge in [-0.3, -0.25) is 105 Å². The molecule has 12 atom stereocenters. The van der Waals surface area contributed by atoms with Crippen molar-refractivity contribution in [3.8, 4) is 5.75 Å². The zero-order valence-corrected chi connectivity index (χ0v) is 60.1. The van der Waals surface area contributed by atoms with E-state index in [1.807, 2.05) is 21.3 Å². The van der Waals surface area contributed by atoms with Crippen LogP contribution in [0.25, 0.3) is 0 Å². The number of nitrogens with two attached hydrogens (primary N) is 9. The van der Waals surface area contributed by atoms with E-state index in [1.165, 1.54) is 24.3 Å². The van der Waals surface area contributed by atoms with Crippen molar-refractivity contribution in [3.05, 3.63) is 29.8 Å². The molecule has 1 rings (SSSR count). The molecule has 111 heavy (non-hydrogen) atoms. The van der Waals surface area contributed by atoms with E-state index in [0.29, 0.717) is 5.56 Å². The van der Waals surface area contributed by atoms with Crippen LogP contribution in [0.2, 0.25) is 0 Å². The van der Waals surface area contributed by atoms with Crippen LogP contribution in [0.15, 0.2) is 24.3 Å². The number of carbonyl (C=O) groups is 22. The summed E-state index contributed by atoms with van der Waals surface area (Å²) >= 11 is 0. The Bertz CT molecular complexity index is 3550. The van der Waals surface area contributed by atoms with Crippen LogP contribution in [-0.4, -0.2) is 262 Å². The molecule has 0 spiro atoms. The van der Waals surface area contributed by atoms with Gasteiger partial charge in [0.15, 0.2) is 0 Å². The third-order valence-electron chi connectivity index (χ3n) is 15.4. The molecule has 49 nitrogen and oxygen atoms in total. The number of aliphatic carboxylic acids is 1. The smallest absolute Gasteiger partial charge is 0.305 e. The van der Waals surface area contributed by atoms with Crippen LogP contribution in [0, 0.1) is 0 Å². The van der Waals surface area contributed by atoms with Gasteiger partial charge in [0, 0.05) is 25.7 Å². The molecule has 0 bridgehead atoms. The van der Waals surface area contributed by atoms with Gasteiger partial charge in [0.05, 0.1) is 58.2 Å². The summed E-state index contributed by atoms with van der Waals surface area (Å²) in [6.45, 7) is -3.59. The summed E-state index contributed by atoms with van der Waals surface area (Å²) < 4.78 is 0. The lowest BCUT2D eigenvalue weighted by atomic mass is 10.1. The minimum Gasteiger partial charge on any atom is -0.508 e. The van der Waals surface area contributed by atoms with Crippen molar-refractivity contribution in [1.29, 1.82) is 0 Å². The quantitative estimate of drug-likeness (QED) is 0.0269. The highest BCUT2D eigenvalue weighted by atomic mass is 16.4. The highest BCUT2D eigenvalue weighted by molar-refractivity contribution is 6.02. The summed E-state index contributed by atoms with van der Waals surface area (Å²) in [5.74, 6) is -26.6. The molecule has 0 fully saturated rings. The number of primary amides is 7. The van der Waals surface area contributed by atoms with Crippen LogP contribution in [-0.2, 0) is 112 Å². The molecule has 21 amide bonds. The van der Waals surface area contributed by atoms with Crippen LogP contribution in [0.1, 0.15) is 102 Å². The van der Waals surface area contributed by atoms with Gasteiger partial charge in [-0.2, -0.15) is 0 Å². The van der Waals surface area contributed by atoms with Gasteiger partial charge in [0.2, 0.25) is 124 Å². The molecule has 0 aliphatic carbocycles. The molecule has 36 N–H and O–H groups in total. The second kappa shape index (κ2) is 49.9. The maximum atomic E-state index is 14.0. The topological polar surface area (TPSA) is 859 Å². The van der Waals surface area contributed by atoms with Crippen molar-refractivity contribution in [2.75, 3.05) is 39.4 Å². The highest BCUT2D eigenvalue weighted by Crippen LogP contribution is 2.12. The number of amides is 21. The van der Waals surface area contributed by atoms with Crippen molar-refractivity contribution in [2.24, 2.45) is 51.6 Å². The van der Waals surface area contributed by atoms with E-state index in [9.17, 15) is 126 Å². The fraction of sp³-hybridized carbons (Fsp3) is 0.548. The summed E-state index contributed by atoms with van der Waals surface area (Å²) in [5.41, 5.74) is 49.0. The van der Waals surface area contributed by atoms with Crippen molar-refractivity contribution in [3.63, 3.8) is 0 Å². The van der Waals surface area contributed by atoms with Gasteiger partial charge in [0.25, 0.3) is 0 Å². The largest absolute Gasteiger partial charge is 0.508 e. The molecular weight excluding hydrogens is 1480 g/mol. The van der Waals surface area contributed by atoms with Gasteiger partial charge < -0.3 is 146 Å². The van der Waals surface area contributed by atoms with Crippen molar-refractivity contribution in [2.45, 2.75) is 176 Å². The van der Waals surface area contributed by atoms with E-state index in [1.54, 1.807) is 0 Å². The second-order valence-corrected chi connectivity index (χ2v) is 24.7. The number of phenolic OH excluding ortho intramolecular Hbond substituents is 1. The van der Waals surface area contributed by atoms with Gasteiger partial charge in [-0.15, -0.1) is 0 Å². The number of hydrogen-bond donors (Lipinski definition) is 27. The van der Waals surface area contributed by atoms with Gasteiger partial charge in [-0.1, -0.05) is 12.1 Å². The summed E-state index contributed by atoms with van der Waals surface area (Å²) in [7, 11) is 0. The first kappa shape index (κ1) is 96.2. The van der Waals surface area contributed by atoms with Crippen LogP contribution in [0.4, 0.5) is 0 Å². The number of aliphatic hydroxyl groups excluding tert-OH is 2. The molecule has 0 saturated carbocycles. The predicted octanol–water partition coefficient (Wildman–Crippen LogP) is -16.2. The average Bonchev–Trinajstić information content (AvgIpc) is 0.863. The van der Waals surface area contributed by atoms with Crippen LogP contribution in [0.3, 0.4) is 0 Å². The molecule has 1 aromatic rings. The second-order valence-electron chi connectivity index (χ2n) is 24.7. The van der Waals surface area contributed by atoms with Gasteiger partial charge in [-0.25, -0.2) is 0 Å². The minimum absolute atomic E-state index is 0.0187. The number of aromatic hydroxyl groups is 1. The third kappa shape index (κ3) is 39.6. The number of benzene rings is 1. The molecule has 49 heteroatoms. The maximum absolute atomic E-state index is 14.0. The first-order valence-electron chi connectivity index (χ1n) is 33.8. The van der Waals surface area contributed by atoms with Crippen LogP contribution >= 0.6 is 0 Å². The molecule has 0 aliphatic rings. The molecule has 0 heterocycles. The number of carboxylic acids is 1. The van der Waals surface area contributed by atoms with E-state index in [4.69, 9.17) is 51.6 Å². The van der Waals surface area contributed by atoms with Crippen LogP contribution < -0.4 is 126 Å². The Labute approximate surface area is 630 Å². The lowest BCUT2D eigenvalue weighted by Gasteiger charge is -2.26. The maximum Gasteiger partial charge on any atom is 0.305 e. The average molecular weight is 1580 g/mol. The number of rotatable bonds is 55. The summed E-state index contributed by atoms with van der Waals surface area (Å²) in [4.78, 5) is 283. The minimum atomic E-state index is -2.16. The fourth-order valence-corrected chi connectivity index (χ4v) is 9.47. The number of carbonyl (C=O) groups excluding carboxylic acids is 21. The lowest BCUT2D eigenvalue weighted by molar-refractivity contribution is -0.142. The molecule has 1 aromatic carbocycles. The normalized spacial score (nSPS) is 14.0. The Morgan fingerprint density at radius 2 is 0.676 bits per heavy atom. The van der Waals surface area contributed by atoms with Gasteiger partial charge in [-0.05, 0) is 82.5 Å². The van der Waals surface area contributed by atoms with Crippen molar-refractivity contribution >= 4 is 130 Å². The summed E-state index contributed by atoms with van der Waals surface area (Å²) in [5, 5.41) is 68.6. The number of aliphatic hydroxyl groups is 2. The fourth-order valence-electron chi connectivity index (χ4n) is 9.47. The van der Waals surface area contributed by atoms with E-state index in [2.05, 4.69) is 53.2 Å². The Morgan fingerprint density at radius 3 is 1.05 bits per heavy atom. The SMILES string of the molecule is C[C@H](NC(=O)[C@H](CCC(N)=O)NC(=O)[C@H](CCC(N)=O)NC(=O)CNC(=O)CNC(=O)[C@@H](N)Cc1ccc(O)cc1)C(=O)N[C@@H](CO)C(=O)N[C@@H](CCCCN)C(=O)NCC(=O)N[C@@H](CCC(N)=O)C(=O)N[C@@H](CCC(N)=O)C(=O)N[C@@H](CC(N)=O)C(=O)N[C@@H](CC(N)=O)C(=O)N[C@@H](CC(=O)O)C(=O)N[C@@H](CO)C(N)=O. The number of nitrogens with one attached hydrogen (secondary N) is 14. The first-order chi connectivity index (χ1) is 52.0. The van der Waals surface area contributed by atoms with Gasteiger partial charge in [0.1, 0.15) is 72.2 Å². The summed E-state index contributed by atoms with van der Waals surface area (Å²) in [6, 6.07) is -15.9. The van der Waals surface area contributed by atoms with E-state index in [0.717, 1.165) is 6.92 Å². The molecule has 0 aliphatic heterocycles. The van der Waals surface area contributed by atoms with E-state index in [-0.39, 0.29) is 38.0 Å². The third-order valence-corrected chi connectivity index (χ3v) is 15.4.